The minimum absolute atomic E-state index is 0.0117. The highest BCUT2D eigenvalue weighted by Gasteiger charge is 2.32. The normalized spacial score (nSPS) is 27.3. The van der Waals surface area contributed by atoms with Crippen LogP contribution in [0.15, 0.2) is 0 Å². The van der Waals surface area contributed by atoms with Gasteiger partial charge in [0.05, 0.1) is 6.54 Å². The first-order valence-electron chi connectivity index (χ1n) is 2.87. The number of carboxylic acids is 1. The Morgan fingerprint density at radius 1 is 1.80 bits per heavy atom. The predicted octanol–water partition coefficient (Wildman–Crippen LogP) is -0.496. The van der Waals surface area contributed by atoms with Crippen molar-refractivity contribution in [1.29, 1.82) is 0 Å². The molecule has 4 nitrogen and oxygen atoms in total. The molecule has 0 bridgehead atoms. The number of carboxylic acid groups (broad SMARTS) is 1. The van der Waals surface area contributed by atoms with Gasteiger partial charge in [-0.3, -0.25) is 14.3 Å². The van der Waals surface area contributed by atoms with Gasteiger partial charge >= 0.3 is 5.97 Å². The quantitative estimate of drug-likeness (QED) is 0.527. The van der Waals surface area contributed by atoms with E-state index in [4.69, 9.17) is 5.11 Å². The molecule has 2 unspecified atom stereocenters. The number of ketones is 1. The van der Waals surface area contributed by atoms with Gasteiger partial charge in [-0.05, 0) is 0 Å². The van der Waals surface area contributed by atoms with Crippen LogP contribution < -0.4 is 0 Å². The molecule has 0 aliphatic carbocycles. The molecule has 1 aliphatic rings. The highest BCUT2D eigenvalue weighted by molar-refractivity contribution is 7.13. The molecular formula is C5H8NO3P. The van der Waals surface area contributed by atoms with Gasteiger partial charge in [0.15, 0.2) is 0 Å². The number of carbonyl (C=O) groups excluding carboxylic acids is 1. The molecule has 56 valence electrons. The summed E-state index contributed by atoms with van der Waals surface area (Å²) in [5.41, 5.74) is 0. The molecule has 0 saturated carbocycles. The summed E-state index contributed by atoms with van der Waals surface area (Å²) >= 11 is 0. The van der Waals surface area contributed by atoms with Crippen LogP contribution in [0.1, 0.15) is 6.42 Å². The van der Waals surface area contributed by atoms with E-state index >= 15 is 0 Å². The Balaban J connectivity index is 2.63. The van der Waals surface area contributed by atoms with Gasteiger partial charge in [-0.2, -0.15) is 0 Å². The summed E-state index contributed by atoms with van der Waals surface area (Å²) in [4.78, 5) is 21.0. The number of hydrogen-bond acceptors (Lipinski definition) is 3. The third-order valence-corrected chi connectivity index (χ3v) is 2.01. The minimum Gasteiger partial charge on any atom is -0.480 e. The van der Waals surface area contributed by atoms with E-state index < -0.39 is 12.0 Å². The zero-order valence-corrected chi connectivity index (χ0v) is 6.43. The first kappa shape index (κ1) is 7.63. The Hall–Kier alpha value is -0.470. The fourth-order valence-electron chi connectivity index (χ4n) is 0.940. The van der Waals surface area contributed by atoms with E-state index in [-0.39, 0.29) is 18.7 Å². The lowest BCUT2D eigenvalue weighted by molar-refractivity contribution is -0.140. The Bertz CT molecular complexity index is 182. The van der Waals surface area contributed by atoms with Crippen molar-refractivity contribution in [3.05, 3.63) is 0 Å². The molecule has 0 aromatic heterocycles. The zero-order valence-electron chi connectivity index (χ0n) is 5.28. The molecule has 0 amide bonds. The van der Waals surface area contributed by atoms with E-state index in [1.54, 1.807) is 0 Å². The van der Waals surface area contributed by atoms with Gasteiger partial charge in [-0.15, -0.1) is 0 Å². The lowest BCUT2D eigenvalue weighted by atomic mass is 10.2. The lowest BCUT2D eigenvalue weighted by Gasteiger charge is -2.11. The van der Waals surface area contributed by atoms with Crippen molar-refractivity contribution in [2.45, 2.75) is 12.5 Å². The molecular weight excluding hydrogens is 153 g/mol. The van der Waals surface area contributed by atoms with Gasteiger partial charge in [0, 0.05) is 6.42 Å². The molecule has 0 spiro atoms. The molecule has 0 aromatic carbocycles. The average molecular weight is 161 g/mol. The largest absolute Gasteiger partial charge is 0.480 e. The fraction of sp³-hybridized carbons (Fsp3) is 0.600. The van der Waals surface area contributed by atoms with Gasteiger partial charge in [-0.1, -0.05) is 9.39 Å². The van der Waals surface area contributed by atoms with Gasteiger partial charge in [0.1, 0.15) is 11.8 Å². The van der Waals surface area contributed by atoms with Crippen LogP contribution in [-0.4, -0.2) is 34.1 Å². The van der Waals surface area contributed by atoms with Gasteiger partial charge < -0.3 is 5.11 Å². The molecule has 10 heavy (non-hydrogen) atoms. The number of nitrogens with zero attached hydrogens (tertiary/aromatic N) is 1. The second-order valence-corrected chi connectivity index (χ2v) is 2.93. The van der Waals surface area contributed by atoms with E-state index in [1.807, 2.05) is 0 Å². The molecule has 0 aromatic rings. The monoisotopic (exact) mass is 161 g/mol. The highest BCUT2D eigenvalue weighted by Crippen LogP contribution is 2.17. The summed E-state index contributed by atoms with van der Waals surface area (Å²) in [6.45, 7) is 0.238. The van der Waals surface area contributed by atoms with Crippen LogP contribution in [0.3, 0.4) is 0 Å². The molecule has 1 heterocycles. The summed E-state index contributed by atoms with van der Waals surface area (Å²) in [6, 6.07) is -0.627. The SMILES string of the molecule is O=C1CC(C(=O)O)N(P)C1. The summed E-state index contributed by atoms with van der Waals surface area (Å²) in [6.07, 6.45) is 0.138. The van der Waals surface area contributed by atoms with Crippen LogP contribution in [0.25, 0.3) is 0 Å². The Kier molecular flexibility index (Phi) is 2.02. The van der Waals surface area contributed by atoms with Crippen LogP contribution in [0.2, 0.25) is 0 Å². The standard InChI is InChI=1S/C5H8NO3P/c7-3-1-4(5(8)9)6(10)2-3/h4H,1-2,10H2,(H,8,9). The first-order valence-corrected chi connectivity index (χ1v) is 3.38. The van der Waals surface area contributed by atoms with E-state index in [9.17, 15) is 9.59 Å². The maximum absolute atomic E-state index is 10.6. The van der Waals surface area contributed by atoms with E-state index in [1.165, 1.54) is 4.67 Å². The molecule has 1 saturated heterocycles. The maximum Gasteiger partial charge on any atom is 0.321 e. The Morgan fingerprint density at radius 2 is 2.40 bits per heavy atom. The number of carbonyl (C=O) groups is 2. The predicted molar refractivity (Wildman–Crippen MR) is 37.5 cm³/mol. The van der Waals surface area contributed by atoms with Crippen molar-refractivity contribution in [2.75, 3.05) is 6.54 Å². The molecule has 1 rings (SSSR count). The van der Waals surface area contributed by atoms with E-state index in [0.29, 0.717) is 0 Å². The second-order valence-electron chi connectivity index (χ2n) is 2.27. The summed E-state index contributed by atoms with van der Waals surface area (Å²) < 4.78 is 1.46. The summed E-state index contributed by atoms with van der Waals surface area (Å²) in [7, 11) is 2.24. The summed E-state index contributed by atoms with van der Waals surface area (Å²) in [5, 5.41) is 8.49. The van der Waals surface area contributed by atoms with Crippen molar-refractivity contribution >= 4 is 21.1 Å². The smallest absolute Gasteiger partial charge is 0.321 e. The van der Waals surface area contributed by atoms with Crippen molar-refractivity contribution in [2.24, 2.45) is 0 Å². The van der Waals surface area contributed by atoms with Crippen LogP contribution in [0, 0.1) is 0 Å². The zero-order chi connectivity index (χ0) is 7.72. The third-order valence-electron chi connectivity index (χ3n) is 1.47. The van der Waals surface area contributed by atoms with Crippen LogP contribution in [0.4, 0.5) is 0 Å². The van der Waals surface area contributed by atoms with Crippen LogP contribution in [0.5, 0.6) is 0 Å². The lowest BCUT2D eigenvalue weighted by Crippen LogP contribution is -2.28. The average Bonchev–Trinajstić information content (AvgIpc) is 2.10. The Morgan fingerprint density at radius 3 is 2.60 bits per heavy atom. The van der Waals surface area contributed by atoms with Crippen molar-refractivity contribution in [3.8, 4) is 0 Å². The Labute approximate surface area is 60.5 Å². The molecule has 1 fully saturated rings. The van der Waals surface area contributed by atoms with Gasteiger partial charge in [0.2, 0.25) is 0 Å². The third kappa shape index (κ3) is 1.33. The highest BCUT2D eigenvalue weighted by atomic mass is 31.0. The number of rotatable bonds is 1. The maximum atomic E-state index is 10.6. The number of Topliss-reactive ketones (excluding diaryl/α,β-unsaturated/α-hetero) is 1. The second kappa shape index (κ2) is 2.64. The number of hydrogen-bond donors (Lipinski definition) is 1. The van der Waals surface area contributed by atoms with Gasteiger partial charge in [0.25, 0.3) is 0 Å². The van der Waals surface area contributed by atoms with Crippen molar-refractivity contribution < 1.29 is 14.7 Å². The molecule has 5 heteroatoms. The number of aliphatic carboxylic acids is 1. The molecule has 1 aliphatic heterocycles. The van der Waals surface area contributed by atoms with Crippen LogP contribution >= 0.6 is 9.39 Å². The van der Waals surface area contributed by atoms with E-state index in [2.05, 4.69) is 9.39 Å². The molecule has 2 atom stereocenters. The van der Waals surface area contributed by atoms with Crippen molar-refractivity contribution in [3.63, 3.8) is 0 Å². The molecule has 1 N–H and O–H groups in total. The fourth-order valence-corrected chi connectivity index (χ4v) is 1.38. The minimum atomic E-state index is -0.930. The topological polar surface area (TPSA) is 57.6 Å². The van der Waals surface area contributed by atoms with E-state index in [0.717, 1.165) is 0 Å². The van der Waals surface area contributed by atoms with Crippen LogP contribution in [-0.2, 0) is 9.59 Å². The first-order chi connectivity index (χ1) is 4.61. The van der Waals surface area contributed by atoms with Crippen molar-refractivity contribution in [1.82, 2.24) is 4.67 Å². The summed E-state index contributed by atoms with van der Waals surface area (Å²) in [5.74, 6) is -0.941. The van der Waals surface area contributed by atoms with Gasteiger partial charge in [-0.25, -0.2) is 0 Å². The molecule has 0 radical (unpaired) electrons.